The number of aromatic nitrogens is 5. The van der Waals surface area contributed by atoms with Gasteiger partial charge in [0.1, 0.15) is 12.1 Å². The second-order valence-electron chi connectivity index (χ2n) is 5.08. The Morgan fingerprint density at radius 1 is 1.00 bits per heavy atom. The van der Waals surface area contributed by atoms with Crippen LogP contribution < -0.4 is 0 Å². The fourth-order valence-electron chi connectivity index (χ4n) is 2.28. The molecular weight excluding hydrogens is 346 g/mol. The molecule has 0 N–H and O–H groups in total. The molecule has 2 aromatic heterocycles. The lowest BCUT2D eigenvalue weighted by molar-refractivity contribution is 0.398. The van der Waals surface area contributed by atoms with Crippen LogP contribution in [0.4, 0.5) is 0 Å². The Kier molecular flexibility index (Phi) is 4.18. The summed E-state index contributed by atoms with van der Waals surface area (Å²) in [6.07, 6.45) is 0. The minimum absolute atomic E-state index is 0.389. The highest BCUT2D eigenvalue weighted by atomic mass is 35.5. The highest BCUT2D eigenvalue weighted by Crippen LogP contribution is 2.25. The van der Waals surface area contributed by atoms with Gasteiger partial charge >= 0.3 is 0 Å². The van der Waals surface area contributed by atoms with E-state index in [0.29, 0.717) is 23.4 Å². The molecule has 4 rings (SSSR count). The standard InChI is InChI=1S/C16H12ClN5OS/c17-12-6-2-1-5-11(12)10-24-16-20-19-15(23-16)9-22-14-8-4-3-7-13(14)18-21-22/h1-8H,9-10H2. The number of para-hydroxylation sites is 1. The quantitative estimate of drug-likeness (QED) is 0.506. The smallest absolute Gasteiger partial charge is 0.276 e. The third kappa shape index (κ3) is 3.13. The van der Waals surface area contributed by atoms with E-state index in [0.717, 1.165) is 21.6 Å². The maximum Gasteiger partial charge on any atom is 0.276 e. The van der Waals surface area contributed by atoms with Crippen molar-refractivity contribution < 1.29 is 4.42 Å². The first-order valence-corrected chi connectivity index (χ1v) is 8.63. The molecule has 4 aromatic rings. The number of rotatable bonds is 5. The van der Waals surface area contributed by atoms with Gasteiger partial charge in [-0.3, -0.25) is 0 Å². The topological polar surface area (TPSA) is 69.6 Å². The summed E-state index contributed by atoms with van der Waals surface area (Å²) in [5.41, 5.74) is 2.80. The summed E-state index contributed by atoms with van der Waals surface area (Å²) >= 11 is 7.60. The zero-order valence-electron chi connectivity index (χ0n) is 12.5. The van der Waals surface area contributed by atoms with Gasteiger partial charge in [-0.1, -0.05) is 58.9 Å². The first kappa shape index (κ1) is 15.2. The first-order chi connectivity index (χ1) is 11.8. The van der Waals surface area contributed by atoms with Crippen molar-refractivity contribution in [1.82, 2.24) is 25.2 Å². The number of fused-ring (bicyclic) bond motifs is 1. The van der Waals surface area contributed by atoms with Crippen molar-refractivity contribution in [3.63, 3.8) is 0 Å². The third-order valence-corrected chi connectivity index (χ3v) is 4.70. The fourth-order valence-corrected chi connectivity index (χ4v) is 3.34. The molecule has 0 spiro atoms. The average Bonchev–Trinajstić information content (AvgIpc) is 3.22. The van der Waals surface area contributed by atoms with Crippen molar-refractivity contribution >= 4 is 34.4 Å². The summed E-state index contributed by atoms with van der Waals surface area (Å²) < 4.78 is 7.42. The van der Waals surface area contributed by atoms with Crippen LogP contribution in [0.1, 0.15) is 11.5 Å². The maximum atomic E-state index is 6.15. The molecule has 2 aromatic carbocycles. The van der Waals surface area contributed by atoms with Crippen molar-refractivity contribution in [3.05, 3.63) is 65.0 Å². The normalized spacial score (nSPS) is 11.2. The van der Waals surface area contributed by atoms with E-state index in [-0.39, 0.29) is 0 Å². The lowest BCUT2D eigenvalue weighted by atomic mass is 10.2. The molecule has 0 bridgehead atoms. The number of benzene rings is 2. The predicted octanol–water partition coefficient (Wildman–Crippen LogP) is 3.81. The molecule has 0 radical (unpaired) electrons. The Bertz CT molecular complexity index is 983. The molecular formula is C16H12ClN5OS. The Hall–Kier alpha value is -2.38. The van der Waals surface area contributed by atoms with Crippen LogP contribution in [0.2, 0.25) is 5.02 Å². The summed E-state index contributed by atoms with van der Waals surface area (Å²) in [5, 5.41) is 17.6. The Labute approximate surface area is 146 Å². The van der Waals surface area contributed by atoms with Gasteiger partial charge in [0.25, 0.3) is 5.22 Å². The lowest BCUT2D eigenvalue weighted by Crippen LogP contribution is -2.02. The number of hydrogen-bond donors (Lipinski definition) is 0. The van der Waals surface area contributed by atoms with E-state index in [1.165, 1.54) is 11.8 Å². The van der Waals surface area contributed by atoms with Crippen molar-refractivity contribution in [2.24, 2.45) is 0 Å². The number of hydrogen-bond acceptors (Lipinski definition) is 6. The van der Waals surface area contributed by atoms with Crippen LogP contribution in [-0.2, 0) is 12.3 Å². The monoisotopic (exact) mass is 357 g/mol. The van der Waals surface area contributed by atoms with Gasteiger partial charge in [0.2, 0.25) is 5.89 Å². The number of nitrogens with zero attached hydrogens (tertiary/aromatic N) is 5. The van der Waals surface area contributed by atoms with Gasteiger partial charge in [-0.05, 0) is 23.8 Å². The molecule has 0 saturated carbocycles. The summed E-state index contributed by atoms with van der Waals surface area (Å²) in [4.78, 5) is 0. The summed E-state index contributed by atoms with van der Waals surface area (Å²) in [6, 6.07) is 15.5. The predicted molar refractivity (Wildman–Crippen MR) is 91.9 cm³/mol. The van der Waals surface area contributed by atoms with E-state index in [1.54, 1.807) is 4.68 Å². The number of halogens is 1. The maximum absolute atomic E-state index is 6.15. The van der Waals surface area contributed by atoms with E-state index in [9.17, 15) is 0 Å². The van der Waals surface area contributed by atoms with Crippen molar-refractivity contribution in [2.75, 3.05) is 0 Å². The first-order valence-electron chi connectivity index (χ1n) is 7.26. The van der Waals surface area contributed by atoms with Crippen molar-refractivity contribution in [2.45, 2.75) is 17.5 Å². The minimum Gasteiger partial charge on any atom is -0.414 e. The Morgan fingerprint density at radius 3 is 2.75 bits per heavy atom. The van der Waals surface area contributed by atoms with Crippen LogP contribution in [0.25, 0.3) is 11.0 Å². The van der Waals surface area contributed by atoms with E-state index in [2.05, 4.69) is 20.5 Å². The van der Waals surface area contributed by atoms with Crippen molar-refractivity contribution in [1.29, 1.82) is 0 Å². The van der Waals surface area contributed by atoms with Gasteiger partial charge in [-0.2, -0.15) is 0 Å². The molecule has 6 nitrogen and oxygen atoms in total. The second-order valence-corrected chi connectivity index (χ2v) is 6.41. The lowest BCUT2D eigenvalue weighted by Gasteiger charge is -2.00. The largest absolute Gasteiger partial charge is 0.414 e. The van der Waals surface area contributed by atoms with Crippen LogP contribution in [0, 0.1) is 0 Å². The van der Waals surface area contributed by atoms with Gasteiger partial charge in [0, 0.05) is 10.8 Å². The molecule has 0 aliphatic heterocycles. The molecule has 2 heterocycles. The summed E-state index contributed by atoms with van der Waals surface area (Å²) in [5.74, 6) is 1.17. The Balaban J connectivity index is 1.46. The Morgan fingerprint density at radius 2 is 1.83 bits per heavy atom. The highest BCUT2D eigenvalue weighted by Gasteiger charge is 2.11. The van der Waals surface area contributed by atoms with Gasteiger partial charge in [-0.15, -0.1) is 15.3 Å². The van der Waals surface area contributed by atoms with Crippen LogP contribution >= 0.6 is 23.4 Å². The molecule has 0 saturated heterocycles. The molecule has 24 heavy (non-hydrogen) atoms. The summed E-state index contributed by atoms with van der Waals surface area (Å²) in [6.45, 7) is 0.389. The second kappa shape index (κ2) is 6.62. The molecule has 0 aliphatic carbocycles. The van der Waals surface area contributed by atoms with E-state index in [1.807, 2.05) is 48.5 Å². The van der Waals surface area contributed by atoms with Crippen LogP contribution in [0.15, 0.2) is 58.2 Å². The molecule has 0 unspecified atom stereocenters. The molecule has 8 heteroatoms. The average molecular weight is 358 g/mol. The number of thioether (sulfide) groups is 1. The zero-order chi connectivity index (χ0) is 16.4. The molecule has 0 amide bonds. The molecule has 0 atom stereocenters. The van der Waals surface area contributed by atoms with Gasteiger partial charge in [-0.25, -0.2) is 4.68 Å². The van der Waals surface area contributed by atoms with E-state index in [4.69, 9.17) is 16.0 Å². The molecule has 120 valence electrons. The van der Waals surface area contributed by atoms with E-state index < -0.39 is 0 Å². The molecule has 0 aliphatic rings. The van der Waals surface area contributed by atoms with Crippen LogP contribution in [0.5, 0.6) is 0 Å². The highest BCUT2D eigenvalue weighted by molar-refractivity contribution is 7.98. The van der Waals surface area contributed by atoms with E-state index >= 15 is 0 Å². The fraction of sp³-hybridized carbons (Fsp3) is 0.125. The third-order valence-electron chi connectivity index (χ3n) is 3.46. The van der Waals surface area contributed by atoms with Crippen LogP contribution in [-0.4, -0.2) is 25.2 Å². The molecule has 0 fully saturated rings. The van der Waals surface area contributed by atoms with Gasteiger partial charge in [0.05, 0.1) is 5.52 Å². The van der Waals surface area contributed by atoms with Crippen LogP contribution in [0.3, 0.4) is 0 Å². The zero-order valence-corrected chi connectivity index (χ0v) is 14.0. The van der Waals surface area contributed by atoms with Crippen molar-refractivity contribution in [3.8, 4) is 0 Å². The SMILES string of the molecule is Clc1ccccc1CSc1nnc(Cn2nnc3ccccc32)o1. The van der Waals surface area contributed by atoms with Gasteiger partial charge in [0.15, 0.2) is 0 Å². The van der Waals surface area contributed by atoms with Gasteiger partial charge < -0.3 is 4.42 Å². The minimum atomic E-state index is 0.389. The summed E-state index contributed by atoms with van der Waals surface area (Å²) in [7, 11) is 0.